The Kier molecular flexibility index (Phi) is 4.82. The van der Waals surface area contributed by atoms with Crippen molar-refractivity contribution in [3.05, 3.63) is 34.9 Å². The molecule has 2 aliphatic carbocycles. The molecule has 0 bridgehead atoms. The van der Waals surface area contributed by atoms with Crippen LogP contribution in [0.2, 0.25) is 0 Å². The van der Waals surface area contributed by atoms with Gasteiger partial charge in [-0.05, 0) is 81.3 Å². The lowest BCUT2D eigenvalue weighted by molar-refractivity contribution is -0.00970. The molecule has 3 heteroatoms. The van der Waals surface area contributed by atoms with Gasteiger partial charge >= 0.3 is 0 Å². The lowest BCUT2D eigenvalue weighted by atomic mass is 9.65. The van der Waals surface area contributed by atoms with Crippen LogP contribution in [0, 0.1) is 30.4 Å². The second kappa shape index (κ2) is 6.66. The summed E-state index contributed by atoms with van der Waals surface area (Å²) < 4.78 is 33.8. The third kappa shape index (κ3) is 3.05. The highest BCUT2D eigenvalue weighted by Crippen LogP contribution is 2.47. The van der Waals surface area contributed by atoms with Crippen LogP contribution in [0.1, 0.15) is 62.5 Å². The Labute approximate surface area is 132 Å². The number of ether oxygens (including phenoxy) is 1. The highest BCUT2D eigenvalue weighted by molar-refractivity contribution is 5.28. The first-order valence-electron chi connectivity index (χ1n) is 8.66. The quantitative estimate of drug-likeness (QED) is 0.730. The summed E-state index contributed by atoms with van der Waals surface area (Å²) in [6.07, 6.45) is 6.94. The average Bonchev–Trinajstić information content (AvgIpc) is 2.53. The minimum atomic E-state index is -0.667. The predicted octanol–water partition coefficient (Wildman–Crippen LogP) is 5.36. The van der Waals surface area contributed by atoms with Crippen LogP contribution in [0.3, 0.4) is 0 Å². The molecule has 0 aromatic heterocycles. The van der Waals surface area contributed by atoms with E-state index in [1.54, 1.807) is 19.1 Å². The summed E-state index contributed by atoms with van der Waals surface area (Å²) in [5.41, 5.74) is 0.987. The average molecular weight is 308 g/mol. The van der Waals surface area contributed by atoms with E-state index in [0.717, 1.165) is 38.7 Å². The topological polar surface area (TPSA) is 9.23 Å². The van der Waals surface area contributed by atoms with Crippen molar-refractivity contribution in [3.63, 3.8) is 0 Å². The van der Waals surface area contributed by atoms with Crippen LogP contribution in [0.25, 0.3) is 0 Å². The molecule has 2 fully saturated rings. The van der Waals surface area contributed by atoms with Gasteiger partial charge in [-0.3, -0.25) is 0 Å². The standard InChI is InChI=1S/C19H26F2O/c1-3-22-16-8-7-13-10-15(6-5-14(13)11-16)17-9-4-12(2)18(20)19(17)21/h4,9,13-16H,3,5-8,10-11H2,1-2H3. The van der Waals surface area contributed by atoms with E-state index in [9.17, 15) is 8.78 Å². The molecular weight excluding hydrogens is 282 g/mol. The molecule has 4 unspecified atom stereocenters. The van der Waals surface area contributed by atoms with E-state index in [1.165, 1.54) is 6.42 Å². The largest absolute Gasteiger partial charge is 0.378 e. The monoisotopic (exact) mass is 308 g/mol. The molecule has 0 radical (unpaired) electrons. The number of hydrogen-bond donors (Lipinski definition) is 0. The molecule has 2 aliphatic rings. The summed E-state index contributed by atoms with van der Waals surface area (Å²) in [4.78, 5) is 0. The first-order chi connectivity index (χ1) is 10.6. The lowest BCUT2D eigenvalue weighted by Crippen LogP contribution is -2.34. The first kappa shape index (κ1) is 15.9. The van der Waals surface area contributed by atoms with Crippen molar-refractivity contribution in [2.45, 2.75) is 64.4 Å². The normalized spacial score (nSPS) is 31.8. The molecule has 122 valence electrons. The van der Waals surface area contributed by atoms with Gasteiger partial charge in [-0.15, -0.1) is 0 Å². The summed E-state index contributed by atoms with van der Waals surface area (Å²) in [5, 5.41) is 0. The fourth-order valence-electron chi connectivity index (χ4n) is 4.49. The van der Waals surface area contributed by atoms with Crippen molar-refractivity contribution in [1.29, 1.82) is 0 Å². The second-order valence-corrected chi connectivity index (χ2v) is 7.02. The number of fused-ring (bicyclic) bond motifs is 1. The van der Waals surface area contributed by atoms with Gasteiger partial charge in [0.15, 0.2) is 11.6 Å². The van der Waals surface area contributed by atoms with Crippen LogP contribution in [-0.2, 0) is 4.74 Å². The van der Waals surface area contributed by atoms with Gasteiger partial charge in [0.25, 0.3) is 0 Å². The molecule has 1 aromatic carbocycles. The van der Waals surface area contributed by atoms with Crippen LogP contribution in [0.15, 0.2) is 12.1 Å². The minimum absolute atomic E-state index is 0.181. The molecular formula is C19H26F2O. The number of hydrogen-bond acceptors (Lipinski definition) is 1. The van der Waals surface area contributed by atoms with Crippen LogP contribution < -0.4 is 0 Å². The van der Waals surface area contributed by atoms with Crippen LogP contribution >= 0.6 is 0 Å². The van der Waals surface area contributed by atoms with Crippen molar-refractivity contribution < 1.29 is 13.5 Å². The van der Waals surface area contributed by atoms with Crippen molar-refractivity contribution in [2.75, 3.05) is 6.61 Å². The molecule has 4 atom stereocenters. The fraction of sp³-hybridized carbons (Fsp3) is 0.684. The molecule has 1 nitrogen and oxygen atoms in total. The smallest absolute Gasteiger partial charge is 0.162 e. The SMILES string of the molecule is CCOC1CCC2CC(c3ccc(C)c(F)c3F)CCC2C1. The lowest BCUT2D eigenvalue weighted by Gasteiger charge is -2.42. The molecule has 0 N–H and O–H groups in total. The number of benzene rings is 1. The van der Waals surface area contributed by atoms with Crippen LogP contribution in [-0.4, -0.2) is 12.7 Å². The first-order valence-corrected chi connectivity index (χ1v) is 8.66. The summed E-state index contributed by atoms with van der Waals surface area (Å²) in [5.74, 6) is 0.255. The van der Waals surface area contributed by atoms with Gasteiger partial charge in [-0.2, -0.15) is 0 Å². The molecule has 0 saturated heterocycles. The van der Waals surface area contributed by atoms with Gasteiger partial charge in [0.2, 0.25) is 0 Å². The van der Waals surface area contributed by atoms with Crippen molar-refractivity contribution >= 4 is 0 Å². The van der Waals surface area contributed by atoms with E-state index in [-0.39, 0.29) is 5.92 Å². The molecule has 2 saturated carbocycles. The summed E-state index contributed by atoms with van der Waals surface area (Å²) >= 11 is 0. The third-order valence-corrected chi connectivity index (χ3v) is 5.71. The van der Waals surface area contributed by atoms with Gasteiger partial charge in [0.05, 0.1) is 6.10 Å². The van der Waals surface area contributed by atoms with E-state index in [4.69, 9.17) is 4.74 Å². The molecule has 0 aliphatic heterocycles. The Morgan fingerprint density at radius 3 is 2.50 bits per heavy atom. The van der Waals surface area contributed by atoms with Crippen LogP contribution in [0.4, 0.5) is 8.78 Å². The summed E-state index contributed by atoms with van der Waals surface area (Å²) in [6.45, 7) is 4.46. The van der Waals surface area contributed by atoms with Crippen molar-refractivity contribution in [1.82, 2.24) is 0 Å². The van der Waals surface area contributed by atoms with E-state index >= 15 is 0 Å². The van der Waals surface area contributed by atoms with Crippen LogP contribution in [0.5, 0.6) is 0 Å². The maximum Gasteiger partial charge on any atom is 0.162 e. The van der Waals surface area contributed by atoms with Gasteiger partial charge in [-0.25, -0.2) is 8.78 Å². The van der Waals surface area contributed by atoms with Gasteiger partial charge in [-0.1, -0.05) is 12.1 Å². The molecule has 0 amide bonds. The maximum atomic E-state index is 14.2. The van der Waals surface area contributed by atoms with E-state index in [1.807, 2.05) is 0 Å². The van der Waals surface area contributed by atoms with E-state index in [0.29, 0.717) is 29.1 Å². The molecule has 0 heterocycles. The zero-order valence-electron chi connectivity index (χ0n) is 13.6. The summed E-state index contributed by atoms with van der Waals surface area (Å²) in [7, 11) is 0. The van der Waals surface area contributed by atoms with Crippen molar-refractivity contribution in [3.8, 4) is 0 Å². The fourth-order valence-corrected chi connectivity index (χ4v) is 4.49. The van der Waals surface area contributed by atoms with E-state index in [2.05, 4.69) is 6.92 Å². The van der Waals surface area contributed by atoms with Gasteiger partial charge in [0.1, 0.15) is 0 Å². The molecule has 3 rings (SSSR count). The Bertz CT molecular complexity index is 528. The number of rotatable bonds is 3. The zero-order valence-corrected chi connectivity index (χ0v) is 13.6. The second-order valence-electron chi connectivity index (χ2n) is 7.02. The van der Waals surface area contributed by atoms with Gasteiger partial charge in [0, 0.05) is 6.61 Å². The minimum Gasteiger partial charge on any atom is -0.378 e. The number of aryl methyl sites for hydroxylation is 1. The highest BCUT2D eigenvalue weighted by Gasteiger charge is 2.37. The Balaban J connectivity index is 1.69. The molecule has 1 aromatic rings. The molecule has 22 heavy (non-hydrogen) atoms. The molecule has 0 spiro atoms. The predicted molar refractivity (Wildman–Crippen MR) is 83.9 cm³/mol. The Morgan fingerprint density at radius 1 is 1.00 bits per heavy atom. The maximum absolute atomic E-state index is 14.2. The van der Waals surface area contributed by atoms with Crippen molar-refractivity contribution in [2.24, 2.45) is 11.8 Å². The summed E-state index contributed by atoms with van der Waals surface area (Å²) in [6, 6.07) is 3.51. The Morgan fingerprint density at radius 2 is 1.73 bits per heavy atom. The van der Waals surface area contributed by atoms with E-state index < -0.39 is 11.6 Å². The van der Waals surface area contributed by atoms with Gasteiger partial charge < -0.3 is 4.74 Å². The zero-order chi connectivity index (χ0) is 15.7. The Hall–Kier alpha value is -0.960. The highest BCUT2D eigenvalue weighted by atomic mass is 19.2. The number of halogens is 2. The third-order valence-electron chi connectivity index (χ3n) is 5.71.